The first-order valence-electron chi connectivity index (χ1n) is 5.38. The lowest BCUT2D eigenvalue weighted by Gasteiger charge is -2.30. The summed E-state index contributed by atoms with van der Waals surface area (Å²) in [6.45, 7) is 1.76. The third kappa shape index (κ3) is 2.05. The molecule has 0 amide bonds. The zero-order valence-electron chi connectivity index (χ0n) is 9.46. The second-order valence-corrected chi connectivity index (χ2v) is 3.72. The summed E-state index contributed by atoms with van der Waals surface area (Å²) >= 11 is 0. The Balaban J connectivity index is 1.72. The van der Waals surface area contributed by atoms with Crippen molar-refractivity contribution in [1.82, 2.24) is 10.2 Å². The van der Waals surface area contributed by atoms with Crippen molar-refractivity contribution in [3.63, 3.8) is 0 Å². The van der Waals surface area contributed by atoms with Crippen LogP contribution >= 0.6 is 0 Å². The molecule has 94 valence electrons. The molecule has 1 N–H and O–H groups in total. The van der Waals surface area contributed by atoms with Gasteiger partial charge in [-0.25, -0.2) is 4.39 Å². The van der Waals surface area contributed by atoms with E-state index in [0.29, 0.717) is 0 Å². The van der Waals surface area contributed by atoms with Gasteiger partial charge in [0.1, 0.15) is 5.82 Å². The van der Waals surface area contributed by atoms with Gasteiger partial charge in [0.25, 0.3) is 5.89 Å². The van der Waals surface area contributed by atoms with Gasteiger partial charge in [0, 0.05) is 0 Å². The molecule has 1 aliphatic heterocycles. The van der Waals surface area contributed by atoms with Crippen LogP contribution in [0.3, 0.4) is 0 Å². The van der Waals surface area contributed by atoms with Gasteiger partial charge in [-0.1, -0.05) is 17.2 Å². The summed E-state index contributed by atoms with van der Waals surface area (Å²) in [7, 11) is 0. The summed E-state index contributed by atoms with van der Waals surface area (Å²) in [6.07, 6.45) is -0.909. The van der Waals surface area contributed by atoms with Gasteiger partial charge < -0.3 is 19.2 Å². The number of anilines is 2. The molecular formula is C11H10FN3O3. The topological polar surface area (TPSA) is 69.4 Å². The average Bonchev–Trinajstić information content (AvgIpc) is 2.76. The lowest BCUT2D eigenvalue weighted by atomic mass is 10.3. The van der Waals surface area contributed by atoms with E-state index in [0.717, 1.165) is 0 Å². The fourth-order valence-electron chi connectivity index (χ4n) is 1.53. The standard InChI is InChI=1S/C11H10FN3O3/c1-6-16-10(17-6)9-14-15-11(18-9)13-8-5-3-2-4-7(8)12/h2-6,10H,1H3,(H,13,15). The Bertz CT molecular complexity index is 554. The summed E-state index contributed by atoms with van der Waals surface area (Å²) in [5.41, 5.74) is 0.261. The molecule has 0 bridgehead atoms. The Kier molecular flexibility index (Phi) is 2.69. The predicted molar refractivity (Wildman–Crippen MR) is 58.4 cm³/mol. The highest BCUT2D eigenvalue weighted by Gasteiger charge is 2.33. The van der Waals surface area contributed by atoms with Gasteiger partial charge in [-0.3, -0.25) is 0 Å². The molecule has 1 aromatic carbocycles. The van der Waals surface area contributed by atoms with Crippen molar-refractivity contribution in [1.29, 1.82) is 0 Å². The number of hydrogen-bond donors (Lipinski definition) is 1. The van der Waals surface area contributed by atoms with Gasteiger partial charge in [0.05, 0.1) is 5.69 Å². The van der Waals surface area contributed by atoms with Gasteiger partial charge in [0.15, 0.2) is 6.29 Å². The van der Waals surface area contributed by atoms with Crippen molar-refractivity contribution in [2.75, 3.05) is 5.32 Å². The van der Waals surface area contributed by atoms with Crippen LogP contribution in [0, 0.1) is 5.82 Å². The first kappa shape index (κ1) is 11.1. The summed E-state index contributed by atoms with van der Waals surface area (Å²) in [5, 5.41) is 10.2. The molecule has 1 aliphatic rings. The van der Waals surface area contributed by atoms with Crippen LogP contribution in [0.2, 0.25) is 0 Å². The number of aromatic nitrogens is 2. The zero-order chi connectivity index (χ0) is 12.5. The average molecular weight is 251 g/mol. The Hall–Kier alpha value is -1.99. The summed E-state index contributed by atoms with van der Waals surface area (Å²) in [6, 6.07) is 6.28. The number of nitrogens with one attached hydrogen (secondary N) is 1. The molecule has 2 aromatic rings. The van der Waals surface area contributed by atoms with E-state index in [1.165, 1.54) is 6.07 Å². The minimum Gasteiger partial charge on any atom is -0.402 e. The smallest absolute Gasteiger partial charge is 0.320 e. The van der Waals surface area contributed by atoms with E-state index in [1.54, 1.807) is 25.1 Å². The van der Waals surface area contributed by atoms with Gasteiger partial charge in [-0.05, 0) is 19.1 Å². The molecule has 18 heavy (non-hydrogen) atoms. The molecule has 1 fully saturated rings. The maximum absolute atomic E-state index is 13.4. The van der Waals surface area contributed by atoms with Crippen molar-refractivity contribution in [2.45, 2.75) is 19.5 Å². The normalized spacial score (nSPS) is 22.6. The van der Waals surface area contributed by atoms with Crippen LogP contribution in [0.1, 0.15) is 19.1 Å². The lowest BCUT2D eigenvalue weighted by molar-refractivity contribution is -0.389. The molecule has 1 aromatic heterocycles. The number of para-hydroxylation sites is 1. The molecule has 1 saturated heterocycles. The van der Waals surface area contributed by atoms with Crippen LogP contribution in [-0.4, -0.2) is 16.5 Å². The first-order valence-corrected chi connectivity index (χ1v) is 5.38. The van der Waals surface area contributed by atoms with Crippen molar-refractivity contribution in [2.24, 2.45) is 0 Å². The van der Waals surface area contributed by atoms with E-state index in [2.05, 4.69) is 15.5 Å². The Morgan fingerprint density at radius 2 is 2.00 bits per heavy atom. The number of rotatable bonds is 3. The highest BCUT2D eigenvalue weighted by atomic mass is 19.1. The van der Waals surface area contributed by atoms with Crippen molar-refractivity contribution >= 4 is 11.7 Å². The number of halogens is 1. The highest BCUT2D eigenvalue weighted by molar-refractivity contribution is 5.52. The molecule has 0 aliphatic carbocycles. The first-order chi connectivity index (χ1) is 8.72. The maximum atomic E-state index is 13.4. The Morgan fingerprint density at radius 3 is 2.72 bits per heavy atom. The van der Waals surface area contributed by atoms with E-state index >= 15 is 0 Å². The molecule has 0 spiro atoms. The molecule has 3 rings (SSSR count). The van der Waals surface area contributed by atoms with E-state index in [1.807, 2.05) is 0 Å². The molecule has 6 nitrogen and oxygen atoms in total. The summed E-state index contributed by atoms with van der Waals surface area (Å²) in [4.78, 5) is 0. The fourth-order valence-corrected chi connectivity index (χ4v) is 1.53. The minimum atomic E-state index is -0.635. The molecular weight excluding hydrogens is 241 g/mol. The van der Waals surface area contributed by atoms with Crippen LogP contribution < -0.4 is 5.32 Å². The van der Waals surface area contributed by atoms with Crippen LogP contribution in [0.4, 0.5) is 16.1 Å². The van der Waals surface area contributed by atoms with Crippen molar-refractivity contribution < 1.29 is 18.3 Å². The monoisotopic (exact) mass is 251 g/mol. The van der Waals surface area contributed by atoms with E-state index < -0.39 is 12.1 Å². The van der Waals surface area contributed by atoms with Crippen LogP contribution in [0.15, 0.2) is 28.7 Å². The fraction of sp³-hybridized carbons (Fsp3) is 0.273. The predicted octanol–water partition coefficient (Wildman–Crippen LogP) is 2.34. The van der Waals surface area contributed by atoms with Crippen molar-refractivity contribution in [3.8, 4) is 0 Å². The van der Waals surface area contributed by atoms with Crippen LogP contribution in [0.25, 0.3) is 0 Å². The summed E-state index contributed by atoms with van der Waals surface area (Å²) < 4.78 is 29.0. The van der Waals surface area contributed by atoms with Gasteiger partial charge in [-0.15, -0.1) is 5.10 Å². The SMILES string of the molecule is CC1OC(c2nnc(Nc3ccccc3F)o2)O1. The number of nitrogens with zero attached hydrogens (tertiary/aromatic N) is 2. The molecule has 0 radical (unpaired) electrons. The third-order valence-electron chi connectivity index (χ3n) is 2.39. The molecule has 0 saturated carbocycles. The second-order valence-electron chi connectivity index (χ2n) is 3.72. The van der Waals surface area contributed by atoms with Crippen molar-refractivity contribution in [3.05, 3.63) is 36.0 Å². The zero-order valence-corrected chi connectivity index (χ0v) is 9.46. The number of benzene rings is 1. The van der Waals surface area contributed by atoms with Gasteiger partial charge >= 0.3 is 6.01 Å². The Morgan fingerprint density at radius 1 is 1.22 bits per heavy atom. The van der Waals surface area contributed by atoms with Crippen LogP contribution in [0.5, 0.6) is 0 Å². The Labute approximate surface area is 102 Å². The minimum absolute atomic E-state index is 0.0850. The molecule has 0 unspecified atom stereocenters. The molecule has 7 heteroatoms. The quantitative estimate of drug-likeness (QED) is 0.902. The van der Waals surface area contributed by atoms with Gasteiger partial charge in [-0.2, -0.15) is 0 Å². The third-order valence-corrected chi connectivity index (χ3v) is 2.39. The second kappa shape index (κ2) is 4.35. The summed E-state index contributed by atoms with van der Waals surface area (Å²) in [5.74, 6) is -0.200. The van der Waals surface area contributed by atoms with E-state index in [-0.39, 0.29) is 23.9 Å². The lowest BCUT2D eigenvalue weighted by Crippen LogP contribution is -2.31. The molecule has 0 atom stereocenters. The van der Waals surface area contributed by atoms with Crippen LogP contribution in [-0.2, 0) is 9.47 Å². The molecule has 2 heterocycles. The van der Waals surface area contributed by atoms with Gasteiger partial charge in [0.2, 0.25) is 6.29 Å². The highest BCUT2D eigenvalue weighted by Crippen LogP contribution is 2.31. The van der Waals surface area contributed by atoms with E-state index in [9.17, 15) is 4.39 Å². The number of hydrogen-bond acceptors (Lipinski definition) is 6. The largest absolute Gasteiger partial charge is 0.402 e. The number of ether oxygens (including phenoxy) is 2. The van der Waals surface area contributed by atoms with E-state index in [4.69, 9.17) is 13.9 Å². The maximum Gasteiger partial charge on any atom is 0.320 e.